The maximum Gasteiger partial charge on any atom is 0.285 e. The Balaban J connectivity index is 1.25. The van der Waals surface area contributed by atoms with Gasteiger partial charge in [0.05, 0.1) is 46.5 Å². The minimum atomic E-state index is -0.537. The van der Waals surface area contributed by atoms with Crippen LogP contribution in [0.5, 0.6) is 5.75 Å². The van der Waals surface area contributed by atoms with Crippen molar-refractivity contribution >= 4 is 79.0 Å². The van der Waals surface area contributed by atoms with Gasteiger partial charge in [0.15, 0.2) is 5.17 Å². The number of amidine groups is 1. The van der Waals surface area contributed by atoms with Crippen LogP contribution in [0.2, 0.25) is 5.02 Å². The van der Waals surface area contributed by atoms with E-state index in [1.807, 2.05) is 36.4 Å². The third kappa shape index (κ3) is 5.00. The smallest absolute Gasteiger partial charge is 0.285 e. The van der Waals surface area contributed by atoms with Gasteiger partial charge in [-0.3, -0.25) is 24.1 Å². The Morgan fingerprint density at radius 2 is 1.70 bits per heavy atom. The van der Waals surface area contributed by atoms with Gasteiger partial charge in [0.2, 0.25) is 5.13 Å². The zero-order valence-corrected chi connectivity index (χ0v) is 23.3. The summed E-state index contributed by atoms with van der Waals surface area (Å²) in [5.74, 6) is -0.651. The molecule has 0 N–H and O–H groups in total. The van der Waals surface area contributed by atoms with E-state index in [1.54, 1.807) is 43.5 Å². The summed E-state index contributed by atoms with van der Waals surface area (Å²) >= 11 is 8.68. The Bertz CT molecular complexity index is 1700. The van der Waals surface area contributed by atoms with Gasteiger partial charge in [-0.15, -0.1) is 5.06 Å². The number of fused-ring (bicyclic) bond motifs is 2. The molecule has 1 aromatic heterocycles. The number of hydroxylamine groups is 2. The Morgan fingerprint density at radius 3 is 2.40 bits per heavy atom. The molecule has 3 heterocycles. The van der Waals surface area contributed by atoms with Crippen LogP contribution in [-0.2, 0) is 9.63 Å². The number of carbonyl (C=O) groups excluding carboxylic acids is 3. The number of thioether (sulfide) groups is 1. The lowest BCUT2D eigenvalue weighted by molar-refractivity contribution is -0.125. The molecule has 0 atom stereocenters. The first-order valence-corrected chi connectivity index (χ1v) is 14.0. The number of benzene rings is 3. The topological polar surface area (TPSA) is 101 Å². The maximum absolute atomic E-state index is 13.5. The Labute approximate surface area is 241 Å². The molecule has 1 saturated heterocycles. The molecule has 0 saturated carbocycles. The average Bonchev–Trinajstić information content (AvgIpc) is 3.57. The van der Waals surface area contributed by atoms with E-state index in [-0.39, 0.29) is 30.2 Å². The fourth-order valence-corrected chi connectivity index (χ4v) is 6.34. The fourth-order valence-electron chi connectivity index (χ4n) is 4.16. The number of aliphatic imine (C=N–C) groups is 1. The quantitative estimate of drug-likeness (QED) is 0.198. The van der Waals surface area contributed by atoms with Gasteiger partial charge in [-0.1, -0.05) is 47.2 Å². The van der Waals surface area contributed by atoms with E-state index >= 15 is 0 Å². The first kappa shape index (κ1) is 26.2. The Hall–Kier alpha value is -4.03. The van der Waals surface area contributed by atoms with E-state index in [9.17, 15) is 14.4 Å². The number of amides is 3. The lowest BCUT2D eigenvalue weighted by atomic mass is 10.1. The number of imide groups is 1. The predicted octanol–water partition coefficient (Wildman–Crippen LogP) is 5.79. The summed E-state index contributed by atoms with van der Waals surface area (Å²) in [6, 6.07) is 19.2. The summed E-state index contributed by atoms with van der Waals surface area (Å²) in [5.41, 5.74) is 2.12. The second-order valence-corrected chi connectivity index (χ2v) is 11.1. The molecule has 40 heavy (non-hydrogen) atoms. The van der Waals surface area contributed by atoms with Crippen LogP contribution >= 0.6 is 34.7 Å². The van der Waals surface area contributed by atoms with Crippen LogP contribution in [0.3, 0.4) is 0 Å². The van der Waals surface area contributed by atoms with Gasteiger partial charge in [0.25, 0.3) is 17.7 Å². The minimum absolute atomic E-state index is 0.0503. The van der Waals surface area contributed by atoms with Crippen molar-refractivity contribution in [2.75, 3.05) is 20.3 Å². The van der Waals surface area contributed by atoms with Crippen LogP contribution < -0.4 is 4.74 Å². The summed E-state index contributed by atoms with van der Waals surface area (Å²) in [7, 11) is 1.59. The molecule has 12 heteroatoms. The highest BCUT2D eigenvalue weighted by atomic mass is 35.5. The summed E-state index contributed by atoms with van der Waals surface area (Å²) in [6.07, 6.45) is 1.77. The van der Waals surface area contributed by atoms with Crippen molar-refractivity contribution < 1.29 is 24.0 Å². The lowest BCUT2D eigenvalue weighted by Gasteiger charge is -2.18. The molecule has 0 spiro atoms. The number of hydrogen-bond acceptors (Lipinski definition) is 9. The lowest BCUT2D eigenvalue weighted by Crippen LogP contribution is -2.36. The number of nitrogens with zero attached hydrogens (tertiary/aromatic N) is 4. The molecule has 1 fully saturated rings. The van der Waals surface area contributed by atoms with Crippen LogP contribution in [0.4, 0.5) is 5.13 Å². The van der Waals surface area contributed by atoms with Crippen LogP contribution in [0.25, 0.3) is 16.3 Å². The zero-order chi connectivity index (χ0) is 27.8. The van der Waals surface area contributed by atoms with Crippen LogP contribution in [0.1, 0.15) is 26.3 Å². The molecule has 200 valence electrons. The fraction of sp³-hybridized carbons (Fsp3) is 0.107. The van der Waals surface area contributed by atoms with Crippen molar-refractivity contribution in [1.82, 2.24) is 14.9 Å². The normalized spacial score (nSPS) is 17.1. The highest BCUT2D eigenvalue weighted by molar-refractivity contribution is 8.18. The number of methoxy groups -OCH3 is 1. The van der Waals surface area contributed by atoms with E-state index in [0.717, 1.165) is 20.8 Å². The number of rotatable bonds is 7. The van der Waals surface area contributed by atoms with Crippen molar-refractivity contribution in [2.24, 2.45) is 4.99 Å². The van der Waals surface area contributed by atoms with Gasteiger partial charge in [0.1, 0.15) is 5.75 Å². The number of ether oxygens (including phenoxy) is 1. The predicted molar refractivity (Wildman–Crippen MR) is 155 cm³/mol. The van der Waals surface area contributed by atoms with Crippen molar-refractivity contribution in [2.45, 2.75) is 0 Å². The molecular formula is C28H19ClN4O5S2. The van der Waals surface area contributed by atoms with E-state index in [1.165, 1.54) is 28.0 Å². The van der Waals surface area contributed by atoms with E-state index in [2.05, 4.69) is 9.98 Å². The Morgan fingerprint density at radius 1 is 0.975 bits per heavy atom. The second kappa shape index (κ2) is 10.9. The average molecular weight is 591 g/mol. The standard InChI is InChI=1S/C28H19ClN4O5S2/c1-37-18-9-6-16(7-10-18)14-23-26(36)32(12-13-38-33-24(34)19-4-2-3-5-20(19)25(33)35)28(40-23)31-27-30-21-11-8-17(29)15-22(21)39-27/h2-11,14-15H,12-13H2,1H3/b23-14-,31-28+. The number of hydrogen-bond donors (Lipinski definition) is 0. The molecule has 0 bridgehead atoms. The van der Waals surface area contributed by atoms with Crippen molar-refractivity contribution in [3.05, 3.63) is 93.3 Å². The van der Waals surface area contributed by atoms with E-state index in [4.69, 9.17) is 21.2 Å². The molecule has 6 rings (SSSR count). The van der Waals surface area contributed by atoms with Crippen LogP contribution in [-0.4, -0.2) is 58.1 Å². The van der Waals surface area contributed by atoms with Crippen molar-refractivity contribution in [1.29, 1.82) is 0 Å². The minimum Gasteiger partial charge on any atom is -0.497 e. The van der Waals surface area contributed by atoms with Crippen molar-refractivity contribution in [3.8, 4) is 5.75 Å². The monoisotopic (exact) mass is 590 g/mol. The van der Waals surface area contributed by atoms with Gasteiger partial charge in [-0.2, -0.15) is 4.99 Å². The van der Waals surface area contributed by atoms with Gasteiger partial charge >= 0.3 is 0 Å². The van der Waals surface area contributed by atoms with E-state index < -0.39 is 11.8 Å². The molecule has 0 radical (unpaired) electrons. The number of halogens is 1. The van der Waals surface area contributed by atoms with Gasteiger partial charge < -0.3 is 4.74 Å². The van der Waals surface area contributed by atoms with Crippen LogP contribution in [0, 0.1) is 0 Å². The summed E-state index contributed by atoms with van der Waals surface area (Å²) in [6.45, 7) is -0.0587. The number of carbonyl (C=O) groups is 3. The first-order valence-electron chi connectivity index (χ1n) is 12.0. The van der Waals surface area contributed by atoms with Gasteiger partial charge in [-0.05, 0) is 65.9 Å². The van der Waals surface area contributed by atoms with Crippen LogP contribution in [0.15, 0.2) is 76.6 Å². The Kier molecular flexibility index (Phi) is 7.11. The molecular weight excluding hydrogens is 572 g/mol. The number of aromatic nitrogens is 1. The molecule has 0 unspecified atom stereocenters. The maximum atomic E-state index is 13.5. The SMILES string of the molecule is COc1ccc(/C=C2\S/C(=N/c3nc4ccc(Cl)cc4s3)N(CCON3C(=O)c4ccccc4C3=O)C2=O)cc1. The highest BCUT2D eigenvalue weighted by Gasteiger charge is 2.38. The second-order valence-electron chi connectivity index (χ2n) is 8.63. The highest BCUT2D eigenvalue weighted by Crippen LogP contribution is 2.37. The van der Waals surface area contributed by atoms with Crippen molar-refractivity contribution in [3.63, 3.8) is 0 Å². The molecule has 2 aliphatic heterocycles. The molecule has 3 aromatic carbocycles. The zero-order valence-electron chi connectivity index (χ0n) is 20.9. The third-order valence-corrected chi connectivity index (χ3v) is 8.28. The first-order chi connectivity index (χ1) is 19.4. The molecule has 4 aromatic rings. The molecule has 0 aliphatic carbocycles. The van der Waals surface area contributed by atoms with Gasteiger partial charge in [0, 0.05) is 5.02 Å². The third-order valence-electron chi connectivity index (χ3n) is 6.12. The molecule has 2 aliphatic rings. The van der Waals surface area contributed by atoms with Gasteiger partial charge in [-0.25, -0.2) is 4.98 Å². The number of thiazole rings is 1. The largest absolute Gasteiger partial charge is 0.497 e. The summed E-state index contributed by atoms with van der Waals surface area (Å²) < 4.78 is 6.09. The van der Waals surface area contributed by atoms with E-state index in [0.29, 0.717) is 26.0 Å². The molecule has 3 amide bonds. The molecule has 9 nitrogen and oxygen atoms in total. The summed E-state index contributed by atoms with van der Waals surface area (Å²) in [5, 5.41) is 2.20. The summed E-state index contributed by atoms with van der Waals surface area (Å²) in [4.78, 5) is 55.5.